The molecule has 1 heterocycles. The van der Waals surface area contributed by atoms with Gasteiger partial charge in [-0.2, -0.15) is 0 Å². The number of likely N-dealkylation sites (tertiary alicyclic amines) is 1. The molecule has 18 heavy (non-hydrogen) atoms. The van der Waals surface area contributed by atoms with Crippen LogP contribution in [0.4, 0.5) is 4.79 Å². The number of carbonyl (C=O) groups is 2. The first-order valence-corrected chi connectivity index (χ1v) is 6.21. The summed E-state index contributed by atoms with van der Waals surface area (Å²) in [5.74, 6) is 1.32. The summed E-state index contributed by atoms with van der Waals surface area (Å²) in [5.41, 5.74) is 0. The first-order valence-electron chi connectivity index (χ1n) is 6.21. The highest BCUT2D eigenvalue weighted by atomic mass is 16.4. The van der Waals surface area contributed by atoms with Crippen LogP contribution in [0.25, 0.3) is 0 Å². The van der Waals surface area contributed by atoms with Crippen LogP contribution in [0.5, 0.6) is 0 Å². The number of hydrogen-bond donors (Lipinski definition) is 1. The molecule has 1 fully saturated rings. The maximum Gasteiger partial charge on any atom is 0.320 e. The highest BCUT2D eigenvalue weighted by molar-refractivity contribution is 5.76. The molecule has 1 aliphatic heterocycles. The van der Waals surface area contributed by atoms with Gasteiger partial charge in [0.15, 0.2) is 0 Å². The van der Waals surface area contributed by atoms with Gasteiger partial charge in [0.2, 0.25) is 0 Å². The summed E-state index contributed by atoms with van der Waals surface area (Å²) in [4.78, 5) is 26.2. The third-order valence-electron chi connectivity index (χ3n) is 3.32. The van der Waals surface area contributed by atoms with Crippen molar-refractivity contribution in [3.63, 3.8) is 0 Å². The van der Waals surface area contributed by atoms with E-state index in [-0.39, 0.29) is 11.9 Å². The Morgan fingerprint density at radius 1 is 1.56 bits per heavy atom. The van der Waals surface area contributed by atoms with Gasteiger partial charge in [0.1, 0.15) is 0 Å². The molecule has 0 spiro atoms. The molecule has 1 rings (SSSR count). The largest absolute Gasteiger partial charge is 0.481 e. The third-order valence-corrected chi connectivity index (χ3v) is 3.32. The number of carbonyl (C=O) groups excluding carboxylic acids is 1. The van der Waals surface area contributed by atoms with Crippen LogP contribution < -0.4 is 0 Å². The Morgan fingerprint density at radius 3 is 2.61 bits per heavy atom. The summed E-state index contributed by atoms with van der Waals surface area (Å²) in [6.45, 7) is 5.64. The molecule has 0 aliphatic carbocycles. The predicted molar refractivity (Wildman–Crippen MR) is 68.0 cm³/mol. The van der Waals surface area contributed by atoms with Gasteiger partial charge in [-0.05, 0) is 6.42 Å². The molecule has 5 heteroatoms. The van der Waals surface area contributed by atoms with Gasteiger partial charge in [-0.3, -0.25) is 4.79 Å². The number of terminal acetylenes is 1. The fourth-order valence-electron chi connectivity index (χ4n) is 2.01. The van der Waals surface area contributed by atoms with E-state index in [1.807, 2.05) is 6.92 Å². The van der Waals surface area contributed by atoms with Crippen LogP contribution >= 0.6 is 0 Å². The van der Waals surface area contributed by atoms with E-state index >= 15 is 0 Å². The number of carboxylic acid groups (broad SMARTS) is 1. The second-order valence-corrected chi connectivity index (χ2v) is 4.70. The van der Waals surface area contributed by atoms with E-state index in [9.17, 15) is 9.59 Å². The number of hydrogen-bond acceptors (Lipinski definition) is 2. The van der Waals surface area contributed by atoms with Crippen molar-refractivity contribution in [3.05, 3.63) is 0 Å². The van der Waals surface area contributed by atoms with E-state index < -0.39 is 11.9 Å². The summed E-state index contributed by atoms with van der Waals surface area (Å²) in [7, 11) is 0. The number of carboxylic acids is 1. The monoisotopic (exact) mass is 252 g/mol. The van der Waals surface area contributed by atoms with Crippen molar-refractivity contribution in [1.82, 2.24) is 9.80 Å². The first kappa shape index (κ1) is 14.4. The van der Waals surface area contributed by atoms with Crippen LogP contribution in [0.15, 0.2) is 0 Å². The van der Waals surface area contributed by atoms with Gasteiger partial charge in [0.25, 0.3) is 0 Å². The van der Waals surface area contributed by atoms with Crippen molar-refractivity contribution >= 4 is 12.0 Å². The fraction of sp³-hybridized carbons (Fsp3) is 0.692. The second kappa shape index (κ2) is 6.29. The van der Waals surface area contributed by atoms with Gasteiger partial charge in [0, 0.05) is 25.6 Å². The molecule has 0 saturated carbocycles. The van der Waals surface area contributed by atoms with Gasteiger partial charge < -0.3 is 14.9 Å². The Hall–Kier alpha value is -1.70. The number of aliphatic carboxylic acids is 1. The Kier molecular flexibility index (Phi) is 5.02. The Labute approximate surface area is 108 Å². The van der Waals surface area contributed by atoms with Crippen LogP contribution in [-0.2, 0) is 4.79 Å². The molecule has 1 unspecified atom stereocenters. The number of rotatable bonds is 5. The smallest absolute Gasteiger partial charge is 0.320 e. The lowest BCUT2D eigenvalue weighted by Crippen LogP contribution is -2.57. The minimum atomic E-state index is -0.805. The van der Waals surface area contributed by atoms with Crippen molar-refractivity contribution in [2.24, 2.45) is 11.8 Å². The van der Waals surface area contributed by atoms with Gasteiger partial charge in [-0.25, -0.2) is 4.79 Å². The topological polar surface area (TPSA) is 60.9 Å². The molecule has 2 amide bonds. The molecule has 1 N–H and O–H groups in total. The van der Waals surface area contributed by atoms with E-state index in [0.717, 1.165) is 6.42 Å². The molecule has 0 aromatic heterocycles. The summed E-state index contributed by atoms with van der Waals surface area (Å²) < 4.78 is 0. The van der Waals surface area contributed by atoms with Gasteiger partial charge in [-0.1, -0.05) is 19.8 Å². The number of nitrogens with zero attached hydrogens (tertiary/aromatic N) is 2. The van der Waals surface area contributed by atoms with Crippen molar-refractivity contribution in [2.75, 3.05) is 26.2 Å². The van der Waals surface area contributed by atoms with E-state index in [1.165, 1.54) is 0 Å². The molecule has 1 atom stereocenters. The molecule has 5 nitrogen and oxygen atoms in total. The Morgan fingerprint density at radius 2 is 2.17 bits per heavy atom. The summed E-state index contributed by atoms with van der Waals surface area (Å²) in [6.07, 6.45) is 6.09. The number of amides is 2. The van der Waals surface area contributed by atoms with Crippen LogP contribution in [-0.4, -0.2) is 53.1 Å². The molecular formula is C13H20N2O3. The minimum absolute atomic E-state index is 0.0563. The zero-order chi connectivity index (χ0) is 13.7. The second-order valence-electron chi connectivity index (χ2n) is 4.70. The van der Waals surface area contributed by atoms with Gasteiger partial charge in [0.05, 0.1) is 12.5 Å². The Balaban J connectivity index is 2.46. The maximum atomic E-state index is 12.1. The van der Waals surface area contributed by atoms with Crippen molar-refractivity contribution in [3.8, 4) is 12.3 Å². The molecule has 100 valence electrons. The quantitative estimate of drug-likeness (QED) is 0.745. The normalized spacial score (nSPS) is 16.6. The standard InChI is InChI=1S/C13H20N2O3/c1-4-6-14(7-5-2)13(18)15-8-11(9-15)10(3)12(16)17/h1,10-11H,5-9H2,2-3H3,(H,16,17). The average Bonchev–Trinajstić information content (AvgIpc) is 2.26. The van der Waals surface area contributed by atoms with E-state index in [4.69, 9.17) is 11.5 Å². The lowest BCUT2D eigenvalue weighted by atomic mass is 9.87. The van der Waals surface area contributed by atoms with Crippen molar-refractivity contribution in [1.29, 1.82) is 0 Å². The highest BCUT2D eigenvalue weighted by Gasteiger charge is 2.38. The highest BCUT2D eigenvalue weighted by Crippen LogP contribution is 2.25. The first-order chi connectivity index (χ1) is 8.51. The minimum Gasteiger partial charge on any atom is -0.481 e. The molecule has 0 bridgehead atoms. The molecular weight excluding hydrogens is 232 g/mol. The molecule has 0 aromatic carbocycles. The summed E-state index contributed by atoms with van der Waals surface area (Å²) >= 11 is 0. The molecule has 0 aromatic rings. The van der Waals surface area contributed by atoms with Crippen LogP contribution in [0, 0.1) is 24.2 Å². The zero-order valence-electron chi connectivity index (χ0n) is 10.9. The van der Waals surface area contributed by atoms with Crippen LogP contribution in [0.1, 0.15) is 20.3 Å². The van der Waals surface area contributed by atoms with Crippen LogP contribution in [0.3, 0.4) is 0 Å². The maximum absolute atomic E-state index is 12.1. The van der Waals surface area contributed by atoms with Crippen molar-refractivity contribution < 1.29 is 14.7 Å². The SMILES string of the molecule is C#CCN(CCC)C(=O)N1CC(C(C)C(=O)O)C1. The predicted octanol–water partition coefficient (Wildman–Crippen LogP) is 1.10. The molecule has 0 radical (unpaired) electrons. The zero-order valence-corrected chi connectivity index (χ0v) is 10.9. The lowest BCUT2D eigenvalue weighted by Gasteiger charge is -2.43. The van der Waals surface area contributed by atoms with E-state index in [1.54, 1.807) is 16.7 Å². The number of urea groups is 1. The van der Waals surface area contributed by atoms with E-state index in [2.05, 4.69) is 5.92 Å². The van der Waals surface area contributed by atoms with E-state index in [0.29, 0.717) is 26.2 Å². The molecule has 1 aliphatic rings. The lowest BCUT2D eigenvalue weighted by molar-refractivity contribution is -0.144. The van der Waals surface area contributed by atoms with Crippen LogP contribution in [0.2, 0.25) is 0 Å². The molecule has 1 saturated heterocycles. The van der Waals surface area contributed by atoms with Gasteiger partial charge in [-0.15, -0.1) is 6.42 Å². The van der Waals surface area contributed by atoms with Crippen molar-refractivity contribution in [2.45, 2.75) is 20.3 Å². The van der Waals surface area contributed by atoms with Gasteiger partial charge >= 0.3 is 12.0 Å². The fourth-order valence-corrected chi connectivity index (χ4v) is 2.01. The average molecular weight is 252 g/mol. The third kappa shape index (κ3) is 3.16. The summed E-state index contributed by atoms with van der Waals surface area (Å²) in [5, 5.41) is 8.88. The summed E-state index contributed by atoms with van der Waals surface area (Å²) in [6, 6.07) is -0.0800. The Bertz CT molecular complexity index is 356.